The predicted molar refractivity (Wildman–Crippen MR) is 107 cm³/mol. The summed E-state index contributed by atoms with van der Waals surface area (Å²) in [4.78, 5) is 24.2. The Balaban J connectivity index is 1.76. The van der Waals surface area contributed by atoms with E-state index in [1.54, 1.807) is 0 Å². The lowest BCUT2D eigenvalue weighted by Gasteiger charge is -2.10. The van der Waals surface area contributed by atoms with Crippen LogP contribution in [0.5, 0.6) is 0 Å². The van der Waals surface area contributed by atoms with Crippen LogP contribution in [0.3, 0.4) is 0 Å². The van der Waals surface area contributed by atoms with Crippen LogP contribution in [0.15, 0.2) is 33.5 Å². The number of hydrogen-bond acceptors (Lipinski definition) is 7. The third kappa shape index (κ3) is 8.95. The van der Waals surface area contributed by atoms with Crippen molar-refractivity contribution in [2.24, 2.45) is 0 Å². The molecular formula is C20H25F3N2O6. The van der Waals surface area contributed by atoms with Gasteiger partial charge in [-0.2, -0.15) is 13.2 Å². The van der Waals surface area contributed by atoms with Crippen molar-refractivity contribution in [2.45, 2.75) is 19.6 Å². The van der Waals surface area contributed by atoms with Gasteiger partial charge in [0.25, 0.3) is 5.91 Å². The van der Waals surface area contributed by atoms with Crippen LogP contribution in [-0.4, -0.2) is 58.4 Å². The number of ether oxygens (including phenoxy) is 3. The molecule has 2 N–H and O–H groups in total. The van der Waals surface area contributed by atoms with Gasteiger partial charge in [0.05, 0.1) is 33.0 Å². The lowest BCUT2D eigenvalue weighted by molar-refractivity contribution is -0.0999. The molecular weight excluding hydrogens is 421 g/mol. The van der Waals surface area contributed by atoms with Crippen LogP contribution in [-0.2, 0) is 14.2 Å². The van der Waals surface area contributed by atoms with E-state index in [0.29, 0.717) is 38.4 Å². The molecule has 2 aromatic rings. The SMILES string of the molecule is CCCOCCOCCOCCNC(=O)c1cc2ccc(NC(F)(F)F)cc2oc1=O. The first-order valence-electron chi connectivity index (χ1n) is 9.74. The summed E-state index contributed by atoms with van der Waals surface area (Å²) in [7, 11) is 0. The standard InChI is InChI=1S/C20H25F3N2O6/c1-2-6-28-8-10-30-11-9-29-7-5-24-18(26)16-12-14-3-4-15(25-20(21,22)23)13-17(14)31-19(16)27/h3-4,12-13,25H,2,5-11H2,1H3,(H,24,26). The number of halogens is 3. The van der Waals surface area contributed by atoms with Crippen LogP contribution in [0.4, 0.5) is 18.9 Å². The van der Waals surface area contributed by atoms with Crippen molar-refractivity contribution in [3.05, 3.63) is 40.2 Å². The number of rotatable bonds is 13. The van der Waals surface area contributed by atoms with Gasteiger partial charge in [-0.1, -0.05) is 6.92 Å². The predicted octanol–water partition coefficient (Wildman–Crippen LogP) is 2.91. The summed E-state index contributed by atoms with van der Waals surface area (Å²) in [5.41, 5.74) is -1.55. The smallest absolute Gasteiger partial charge is 0.422 e. The molecule has 0 aliphatic carbocycles. The molecule has 31 heavy (non-hydrogen) atoms. The highest BCUT2D eigenvalue weighted by Crippen LogP contribution is 2.23. The van der Waals surface area contributed by atoms with E-state index in [9.17, 15) is 22.8 Å². The molecule has 172 valence electrons. The lowest BCUT2D eigenvalue weighted by Crippen LogP contribution is -2.31. The molecule has 8 nitrogen and oxygen atoms in total. The number of carbonyl (C=O) groups is 1. The highest BCUT2D eigenvalue weighted by Gasteiger charge is 2.27. The van der Waals surface area contributed by atoms with E-state index in [4.69, 9.17) is 18.6 Å². The number of carbonyl (C=O) groups excluding carboxylic acids is 1. The number of benzene rings is 1. The summed E-state index contributed by atoms with van der Waals surface area (Å²) in [6.45, 7) is 4.83. The van der Waals surface area contributed by atoms with Gasteiger partial charge in [-0.25, -0.2) is 4.79 Å². The van der Waals surface area contributed by atoms with E-state index in [-0.39, 0.29) is 30.0 Å². The van der Waals surface area contributed by atoms with Crippen molar-refractivity contribution >= 4 is 22.6 Å². The third-order valence-electron chi connectivity index (χ3n) is 3.89. The minimum Gasteiger partial charge on any atom is -0.422 e. The van der Waals surface area contributed by atoms with Crippen LogP contribution in [0.2, 0.25) is 0 Å². The number of alkyl halides is 3. The maximum Gasteiger partial charge on any atom is 0.482 e. The summed E-state index contributed by atoms with van der Waals surface area (Å²) in [5, 5.41) is 4.16. The number of hydrogen-bond donors (Lipinski definition) is 2. The number of amides is 1. The van der Waals surface area contributed by atoms with Crippen molar-refractivity contribution in [1.82, 2.24) is 5.32 Å². The molecule has 0 aliphatic rings. The van der Waals surface area contributed by atoms with Gasteiger partial charge in [0.15, 0.2) is 0 Å². The molecule has 2 rings (SSSR count). The molecule has 11 heteroatoms. The van der Waals surface area contributed by atoms with Gasteiger partial charge in [0.1, 0.15) is 11.1 Å². The molecule has 1 aromatic carbocycles. The maximum absolute atomic E-state index is 12.4. The van der Waals surface area contributed by atoms with E-state index in [1.165, 1.54) is 23.5 Å². The Hall–Kier alpha value is -2.63. The Bertz CT molecular complexity index is 901. The quantitative estimate of drug-likeness (QED) is 0.277. The fourth-order valence-electron chi connectivity index (χ4n) is 2.53. The minimum atomic E-state index is -4.62. The van der Waals surface area contributed by atoms with Crippen LogP contribution in [0, 0.1) is 0 Å². The molecule has 0 aliphatic heterocycles. The van der Waals surface area contributed by atoms with E-state index < -0.39 is 17.8 Å². The third-order valence-corrected chi connectivity index (χ3v) is 3.89. The van der Waals surface area contributed by atoms with Gasteiger partial charge in [-0.15, -0.1) is 0 Å². The van der Waals surface area contributed by atoms with E-state index in [0.717, 1.165) is 12.5 Å². The summed E-state index contributed by atoms with van der Waals surface area (Å²) >= 11 is 0. The van der Waals surface area contributed by atoms with Gasteiger partial charge in [-0.3, -0.25) is 10.1 Å². The monoisotopic (exact) mass is 446 g/mol. The topological polar surface area (TPSA) is 99.0 Å². The average Bonchev–Trinajstić information content (AvgIpc) is 2.70. The first-order chi connectivity index (χ1) is 14.8. The Kier molecular flexibility index (Phi) is 9.76. The lowest BCUT2D eigenvalue weighted by atomic mass is 10.1. The van der Waals surface area contributed by atoms with E-state index >= 15 is 0 Å². The number of nitrogens with one attached hydrogen (secondary N) is 2. The molecule has 1 amide bonds. The Morgan fingerprint density at radius 2 is 1.65 bits per heavy atom. The summed E-state index contributed by atoms with van der Waals surface area (Å²) in [5.74, 6) is -0.666. The molecule has 0 unspecified atom stereocenters. The second kappa shape index (κ2) is 12.3. The number of fused-ring (bicyclic) bond motifs is 1. The molecule has 0 bridgehead atoms. The second-order valence-corrected chi connectivity index (χ2v) is 6.42. The fraction of sp³-hybridized carbons (Fsp3) is 0.500. The van der Waals surface area contributed by atoms with Gasteiger partial charge in [-0.05, 0) is 24.6 Å². The summed E-state index contributed by atoms with van der Waals surface area (Å²) in [6, 6.07) is 4.80. The van der Waals surface area contributed by atoms with Crippen LogP contribution < -0.4 is 16.3 Å². The molecule has 0 atom stereocenters. The van der Waals surface area contributed by atoms with Gasteiger partial charge < -0.3 is 23.9 Å². The first kappa shape index (κ1) is 24.6. The Morgan fingerprint density at radius 1 is 1.00 bits per heavy atom. The maximum atomic E-state index is 12.4. The zero-order chi connectivity index (χ0) is 22.7. The van der Waals surface area contributed by atoms with E-state index in [1.807, 2.05) is 6.92 Å². The van der Waals surface area contributed by atoms with Gasteiger partial charge in [0.2, 0.25) is 0 Å². The molecule has 1 aromatic heterocycles. The molecule has 0 saturated heterocycles. The second-order valence-electron chi connectivity index (χ2n) is 6.42. The summed E-state index contributed by atoms with van der Waals surface area (Å²) < 4.78 is 58.1. The molecule has 0 radical (unpaired) electrons. The van der Waals surface area contributed by atoms with Crippen molar-refractivity contribution in [2.75, 3.05) is 51.5 Å². The molecule has 0 spiro atoms. The van der Waals surface area contributed by atoms with Crippen molar-refractivity contribution in [3.63, 3.8) is 0 Å². The van der Waals surface area contributed by atoms with Crippen molar-refractivity contribution in [3.8, 4) is 0 Å². The van der Waals surface area contributed by atoms with E-state index in [2.05, 4.69) is 5.32 Å². The zero-order valence-electron chi connectivity index (χ0n) is 17.0. The van der Waals surface area contributed by atoms with Crippen LogP contribution in [0.25, 0.3) is 11.0 Å². The van der Waals surface area contributed by atoms with Gasteiger partial charge in [0, 0.05) is 30.3 Å². The largest absolute Gasteiger partial charge is 0.482 e. The van der Waals surface area contributed by atoms with Gasteiger partial charge >= 0.3 is 11.9 Å². The van der Waals surface area contributed by atoms with Crippen molar-refractivity contribution in [1.29, 1.82) is 0 Å². The van der Waals surface area contributed by atoms with Crippen molar-refractivity contribution < 1.29 is 36.6 Å². The first-order valence-corrected chi connectivity index (χ1v) is 9.74. The normalized spacial score (nSPS) is 11.6. The molecule has 0 saturated carbocycles. The number of anilines is 1. The Morgan fingerprint density at radius 3 is 2.29 bits per heavy atom. The minimum absolute atomic E-state index is 0.0702. The van der Waals surface area contributed by atoms with Crippen LogP contribution >= 0.6 is 0 Å². The average molecular weight is 446 g/mol. The summed E-state index contributed by atoms with van der Waals surface area (Å²) in [6.07, 6.45) is -3.67. The van der Waals surface area contributed by atoms with Crippen LogP contribution in [0.1, 0.15) is 23.7 Å². The Labute approximate surface area is 176 Å². The molecule has 0 fully saturated rings. The highest BCUT2D eigenvalue weighted by molar-refractivity contribution is 5.96. The zero-order valence-corrected chi connectivity index (χ0v) is 17.0. The fourth-order valence-corrected chi connectivity index (χ4v) is 2.53. The highest BCUT2D eigenvalue weighted by atomic mass is 19.4. The molecule has 1 heterocycles.